The number of hydrogen-bond donors (Lipinski definition) is 2. The summed E-state index contributed by atoms with van der Waals surface area (Å²) in [6.45, 7) is 0.0779. The Hall–Kier alpha value is -3.16. The highest BCUT2D eigenvalue weighted by atomic mass is 16.6. The van der Waals surface area contributed by atoms with E-state index >= 15 is 0 Å². The van der Waals surface area contributed by atoms with Gasteiger partial charge in [0.1, 0.15) is 17.1 Å². The van der Waals surface area contributed by atoms with Crippen LogP contribution in [0.3, 0.4) is 0 Å². The summed E-state index contributed by atoms with van der Waals surface area (Å²) in [5.74, 6) is 0.319. The Morgan fingerprint density at radius 3 is 2.50 bits per heavy atom. The van der Waals surface area contributed by atoms with Crippen molar-refractivity contribution in [1.29, 1.82) is 0 Å². The van der Waals surface area contributed by atoms with E-state index in [9.17, 15) is 9.59 Å². The van der Waals surface area contributed by atoms with Gasteiger partial charge in [0.15, 0.2) is 6.61 Å². The minimum Gasteiger partial charge on any atom is -0.482 e. The molecule has 0 saturated carbocycles. The van der Waals surface area contributed by atoms with Gasteiger partial charge in [0.05, 0.1) is 0 Å². The molecule has 7 nitrogen and oxygen atoms in total. The molecule has 1 unspecified atom stereocenters. The zero-order valence-electron chi connectivity index (χ0n) is 13.9. The van der Waals surface area contributed by atoms with Gasteiger partial charge in [-0.25, -0.2) is 9.59 Å². The maximum atomic E-state index is 11.9. The van der Waals surface area contributed by atoms with E-state index in [1.807, 2.05) is 0 Å². The van der Waals surface area contributed by atoms with E-state index in [1.54, 1.807) is 48.5 Å². The Morgan fingerprint density at radius 1 is 1.04 bits per heavy atom. The third-order valence-corrected chi connectivity index (χ3v) is 3.74. The molecule has 2 aromatic carbocycles. The molecule has 0 aliphatic heterocycles. The molecular formula is C19H18N2O5. The van der Waals surface area contributed by atoms with Crippen LogP contribution in [0.4, 0.5) is 0 Å². The molecule has 0 aliphatic rings. The second-order valence-corrected chi connectivity index (χ2v) is 5.63. The maximum Gasteiger partial charge on any atom is 0.349 e. The molecule has 0 radical (unpaired) electrons. The maximum absolute atomic E-state index is 11.9. The summed E-state index contributed by atoms with van der Waals surface area (Å²) in [5.41, 5.74) is 12.2. The first-order valence-corrected chi connectivity index (χ1v) is 7.98. The van der Waals surface area contributed by atoms with Gasteiger partial charge in [-0.05, 0) is 42.0 Å². The van der Waals surface area contributed by atoms with Crippen molar-refractivity contribution in [2.24, 2.45) is 11.5 Å². The van der Waals surface area contributed by atoms with Gasteiger partial charge in [0.25, 0.3) is 0 Å². The fourth-order valence-electron chi connectivity index (χ4n) is 2.36. The molecule has 1 heterocycles. The summed E-state index contributed by atoms with van der Waals surface area (Å²) in [6.07, 6.45) is 0. The lowest BCUT2D eigenvalue weighted by atomic mass is 10.1. The number of hydrogen-bond acceptors (Lipinski definition) is 7. The fourth-order valence-corrected chi connectivity index (χ4v) is 2.36. The molecule has 0 spiro atoms. The van der Waals surface area contributed by atoms with Gasteiger partial charge in [-0.2, -0.15) is 0 Å². The topological polar surface area (TPSA) is 118 Å². The third-order valence-electron chi connectivity index (χ3n) is 3.74. The van der Waals surface area contributed by atoms with Crippen LogP contribution in [0.1, 0.15) is 11.6 Å². The normalized spacial score (nSPS) is 11.9. The monoisotopic (exact) mass is 354 g/mol. The van der Waals surface area contributed by atoms with E-state index in [2.05, 4.69) is 0 Å². The van der Waals surface area contributed by atoms with Crippen LogP contribution in [0, 0.1) is 0 Å². The van der Waals surface area contributed by atoms with Gasteiger partial charge in [0, 0.05) is 24.0 Å². The van der Waals surface area contributed by atoms with Crippen molar-refractivity contribution in [1.82, 2.24) is 0 Å². The minimum atomic E-state index is -0.541. The summed E-state index contributed by atoms with van der Waals surface area (Å²) >= 11 is 0. The molecule has 1 aromatic heterocycles. The molecule has 134 valence electrons. The first kappa shape index (κ1) is 17.7. The summed E-state index contributed by atoms with van der Waals surface area (Å²) < 4.78 is 15.7. The van der Waals surface area contributed by atoms with E-state index in [4.69, 9.17) is 25.4 Å². The third kappa shape index (κ3) is 4.27. The molecule has 7 heteroatoms. The van der Waals surface area contributed by atoms with Crippen LogP contribution in [0.2, 0.25) is 0 Å². The highest BCUT2D eigenvalue weighted by molar-refractivity contribution is 5.78. The first-order chi connectivity index (χ1) is 12.5. The first-order valence-electron chi connectivity index (χ1n) is 7.98. The number of carbonyl (C=O) groups is 1. The fraction of sp³-hybridized carbons (Fsp3) is 0.158. The van der Waals surface area contributed by atoms with Crippen molar-refractivity contribution in [2.45, 2.75) is 6.04 Å². The van der Waals surface area contributed by atoms with Crippen LogP contribution in [0.25, 0.3) is 11.0 Å². The van der Waals surface area contributed by atoms with Crippen LogP contribution in [0.5, 0.6) is 11.5 Å². The van der Waals surface area contributed by atoms with Gasteiger partial charge < -0.3 is 25.4 Å². The molecule has 0 amide bonds. The molecule has 26 heavy (non-hydrogen) atoms. The van der Waals surface area contributed by atoms with Gasteiger partial charge >= 0.3 is 11.6 Å². The summed E-state index contributed by atoms with van der Waals surface area (Å²) in [6, 6.07) is 14.4. The smallest absolute Gasteiger partial charge is 0.349 e. The molecule has 0 saturated heterocycles. The number of fused-ring (bicyclic) bond motifs is 1. The number of ether oxygens (including phenoxy) is 2. The number of rotatable bonds is 6. The van der Waals surface area contributed by atoms with Crippen LogP contribution >= 0.6 is 0 Å². The zero-order chi connectivity index (χ0) is 18.5. The van der Waals surface area contributed by atoms with Gasteiger partial charge in [-0.3, -0.25) is 0 Å². The van der Waals surface area contributed by atoms with E-state index in [0.29, 0.717) is 29.0 Å². The number of carbonyl (C=O) groups excluding carboxylic acids is 1. The average molecular weight is 354 g/mol. The highest BCUT2D eigenvalue weighted by Crippen LogP contribution is 2.20. The zero-order valence-corrected chi connectivity index (χ0v) is 13.9. The van der Waals surface area contributed by atoms with Crippen LogP contribution in [-0.2, 0) is 4.79 Å². The molecule has 0 bridgehead atoms. The average Bonchev–Trinajstić information content (AvgIpc) is 2.66. The van der Waals surface area contributed by atoms with Crippen molar-refractivity contribution in [2.75, 3.05) is 13.2 Å². The SMILES string of the molecule is NCC(N)c1ccc(OC(=O)COc2ccc3oc(=O)ccc3c2)cc1. The summed E-state index contributed by atoms with van der Waals surface area (Å²) in [4.78, 5) is 23.1. The Bertz CT molecular complexity index is 966. The Balaban J connectivity index is 1.58. The minimum absolute atomic E-state index is 0.250. The molecule has 1 atom stereocenters. The molecular weight excluding hydrogens is 336 g/mol. The lowest BCUT2D eigenvalue weighted by molar-refractivity contribution is -0.136. The van der Waals surface area contributed by atoms with Crippen molar-refractivity contribution in [3.8, 4) is 11.5 Å². The van der Waals surface area contributed by atoms with Crippen LogP contribution in [-0.4, -0.2) is 19.1 Å². The van der Waals surface area contributed by atoms with Crippen molar-refractivity contribution in [3.05, 3.63) is 70.6 Å². The Labute approximate surface area is 149 Å². The molecule has 3 rings (SSSR count). The van der Waals surface area contributed by atoms with Gasteiger partial charge in [-0.15, -0.1) is 0 Å². The van der Waals surface area contributed by atoms with Crippen LogP contribution in [0.15, 0.2) is 63.8 Å². The second-order valence-electron chi connectivity index (χ2n) is 5.63. The number of benzene rings is 2. The van der Waals surface area contributed by atoms with Crippen molar-refractivity contribution in [3.63, 3.8) is 0 Å². The number of nitrogens with two attached hydrogens (primary N) is 2. The molecule has 0 aliphatic carbocycles. The lowest BCUT2D eigenvalue weighted by Gasteiger charge is -2.10. The van der Waals surface area contributed by atoms with Gasteiger partial charge in [-0.1, -0.05) is 12.1 Å². The van der Waals surface area contributed by atoms with Gasteiger partial charge in [0.2, 0.25) is 0 Å². The number of esters is 1. The second kappa shape index (κ2) is 7.81. The largest absolute Gasteiger partial charge is 0.482 e. The van der Waals surface area contributed by atoms with Crippen LogP contribution < -0.4 is 26.6 Å². The van der Waals surface area contributed by atoms with Crippen molar-refractivity contribution < 1.29 is 18.7 Å². The van der Waals surface area contributed by atoms with E-state index in [1.165, 1.54) is 6.07 Å². The van der Waals surface area contributed by atoms with E-state index < -0.39 is 11.6 Å². The predicted molar refractivity (Wildman–Crippen MR) is 96.0 cm³/mol. The van der Waals surface area contributed by atoms with E-state index in [0.717, 1.165) is 5.56 Å². The predicted octanol–water partition coefficient (Wildman–Crippen LogP) is 1.74. The van der Waals surface area contributed by atoms with Crippen molar-refractivity contribution >= 4 is 16.9 Å². The van der Waals surface area contributed by atoms with E-state index in [-0.39, 0.29) is 12.6 Å². The molecule has 4 N–H and O–H groups in total. The molecule has 0 fully saturated rings. The lowest BCUT2D eigenvalue weighted by Crippen LogP contribution is -2.20. The summed E-state index contributed by atoms with van der Waals surface area (Å²) in [5, 5.41) is 0.697. The molecule has 3 aromatic rings. The highest BCUT2D eigenvalue weighted by Gasteiger charge is 2.09. The standard InChI is InChI=1S/C19H18N2O5/c20-10-16(21)12-1-4-14(5-2-12)25-19(23)11-24-15-6-7-17-13(9-15)3-8-18(22)26-17/h1-9,16H,10-11,20-21H2. The Morgan fingerprint density at radius 2 is 1.77 bits per heavy atom. The Kier molecular flexibility index (Phi) is 5.31. The summed E-state index contributed by atoms with van der Waals surface area (Å²) in [7, 11) is 0. The quantitative estimate of drug-likeness (QED) is 0.393.